The molecular formula is C8H13ClO2. The Morgan fingerprint density at radius 1 is 1.55 bits per heavy atom. The van der Waals surface area contributed by atoms with Gasteiger partial charge in [-0.2, -0.15) is 0 Å². The first-order chi connectivity index (χ1) is 5.16. The Morgan fingerprint density at radius 3 is 2.64 bits per heavy atom. The highest BCUT2D eigenvalue weighted by Gasteiger charge is 1.94. The third kappa shape index (κ3) is 7.40. The summed E-state index contributed by atoms with van der Waals surface area (Å²) < 4.78 is 0. The zero-order valence-electron chi connectivity index (χ0n) is 6.64. The van der Waals surface area contributed by atoms with Crippen molar-refractivity contribution in [3.63, 3.8) is 0 Å². The lowest BCUT2D eigenvalue weighted by atomic mass is 10.2. The molecule has 0 aliphatic rings. The molecule has 0 spiro atoms. The Bertz CT molecular complexity index is 152. The highest BCUT2D eigenvalue weighted by atomic mass is 35.5. The first-order valence-electron chi connectivity index (χ1n) is 3.73. The zero-order chi connectivity index (χ0) is 8.69. The van der Waals surface area contributed by atoms with Crippen LogP contribution in [0.2, 0.25) is 0 Å². The number of carboxylic acids is 1. The second kappa shape index (κ2) is 6.23. The summed E-state index contributed by atoms with van der Waals surface area (Å²) in [6.07, 6.45) is 4.33. The standard InChI is InChI=1S/C8H13ClO2/c1-2-4-7(9)5-3-6-8(10)11/h5H,2-4,6H2,1H3,(H,10,11)/b7-5-. The van der Waals surface area contributed by atoms with E-state index in [0.29, 0.717) is 6.42 Å². The van der Waals surface area contributed by atoms with Crippen LogP contribution in [-0.4, -0.2) is 11.1 Å². The number of hydrogen-bond acceptors (Lipinski definition) is 1. The van der Waals surface area contributed by atoms with E-state index in [0.717, 1.165) is 17.9 Å². The molecule has 0 atom stereocenters. The van der Waals surface area contributed by atoms with Gasteiger partial charge < -0.3 is 5.11 Å². The van der Waals surface area contributed by atoms with Crippen LogP contribution in [0.15, 0.2) is 11.1 Å². The minimum absolute atomic E-state index is 0.167. The Morgan fingerprint density at radius 2 is 2.18 bits per heavy atom. The molecule has 0 aliphatic heterocycles. The molecule has 0 aliphatic carbocycles. The van der Waals surface area contributed by atoms with Gasteiger partial charge in [-0.25, -0.2) is 0 Å². The molecule has 0 aromatic heterocycles. The number of halogens is 1. The van der Waals surface area contributed by atoms with E-state index in [1.54, 1.807) is 6.08 Å². The van der Waals surface area contributed by atoms with Crippen molar-refractivity contribution in [3.8, 4) is 0 Å². The van der Waals surface area contributed by atoms with Gasteiger partial charge in [0.15, 0.2) is 0 Å². The van der Waals surface area contributed by atoms with Crippen LogP contribution in [0.3, 0.4) is 0 Å². The van der Waals surface area contributed by atoms with Crippen molar-refractivity contribution in [3.05, 3.63) is 11.1 Å². The smallest absolute Gasteiger partial charge is 0.303 e. The van der Waals surface area contributed by atoms with Crippen LogP contribution in [0.1, 0.15) is 32.6 Å². The van der Waals surface area contributed by atoms with Gasteiger partial charge in [-0.1, -0.05) is 31.0 Å². The van der Waals surface area contributed by atoms with Crippen molar-refractivity contribution in [2.24, 2.45) is 0 Å². The van der Waals surface area contributed by atoms with Gasteiger partial charge in [-0.15, -0.1) is 0 Å². The lowest BCUT2D eigenvalue weighted by Crippen LogP contribution is -1.91. The van der Waals surface area contributed by atoms with Gasteiger partial charge in [0.05, 0.1) is 0 Å². The predicted octanol–water partition coefficient (Wildman–Crippen LogP) is 2.77. The summed E-state index contributed by atoms with van der Waals surface area (Å²) in [6, 6.07) is 0. The highest BCUT2D eigenvalue weighted by molar-refractivity contribution is 6.29. The van der Waals surface area contributed by atoms with Gasteiger partial charge in [-0.05, 0) is 12.8 Å². The highest BCUT2D eigenvalue weighted by Crippen LogP contribution is 2.10. The van der Waals surface area contributed by atoms with Gasteiger partial charge >= 0.3 is 5.97 Å². The maximum atomic E-state index is 10.1. The second-order valence-corrected chi connectivity index (χ2v) is 2.82. The minimum Gasteiger partial charge on any atom is -0.481 e. The molecular weight excluding hydrogens is 164 g/mol. The summed E-state index contributed by atoms with van der Waals surface area (Å²) in [5.41, 5.74) is 0. The van der Waals surface area contributed by atoms with Crippen LogP contribution in [0.25, 0.3) is 0 Å². The van der Waals surface area contributed by atoms with E-state index in [4.69, 9.17) is 16.7 Å². The van der Waals surface area contributed by atoms with E-state index in [2.05, 4.69) is 0 Å². The fourth-order valence-corrected chi connectivity index (χ4v) is 0.991. The van der Waals surface area contributed by atoms with Crippen molar-refractivity contribution in [1.29, 1.82) is 0 Å². The number of carbonyl (C=O) groups is 1. The van der Waals surface area contributed by atoms with E-state index in [-0.39, 0.29) is 6.42 Å². The fraction of sp³-hybridized carbons (Fsp3) is 0.625. The SMILES string of the molecule is CCC/C(Cl)=C/CCC(=O)O. The molecule has 0 saturated carbocycles. The van der Waals surface area contributed by atoms with E-state index < -0.39 is 5.97 Å². The van der Waals surface area contributed by atoms with Crippen molar-refractivity contribution in [1.82, 2.24) is 0 Å². The quantitative estimate of drug-likeness (QED) is 0.700. The average molecular weight is 177 g/mol. The van der Waals surface area contributed by atoms with Gasteiger partial charge in [0, 0.05) is 11.5 Å². The Kier molecular flexibility index (Phi) is 5.94. The average Bonchev–Trinajstić information content (AvgIpc) is 1.87. The normalized spacial score (nSPS) is 11.6. The van der Waals surface area contributed by atoms with E-state index in [1.807, 2.05) is 6.92 Å². The van der Waals surface area contributed by atoms with Crippen molar-refractivity contribution < 1.29 is 9.90 Å². The Hall–Kier alpha value is -0.500. The van der Waals surface area contributed by atoms with Crippen molar-refractivity contribution >= 4 is 17.6 Å². The Balaban J connectivity index is 3.47. The van der Waals surface area contributed by atoms with E-state index in [1.165, 1.54) is 0 Å². The molecule has 0 fully saturated rings. The van der Waals surface area contributed by atoms with Crippen LogP contribution in [0.5, 0.6) is 0 Å². The maximum absolute atomic E-state index is 10.1. The Labute approximate surface area is 71.9 Å². The number of rotatable bonds is 5. The molecule has 0 saturated heterocycles. The molecule has 11 heavy (non-hydrogen) atoms. The summed E-state index contributed by atoms with van der Waals surface area (Å²) in [7, 11) is 0. The summed E-state index contributed by atoms with van der Waals surface area (Å²) in [4.78, 5) is 10.1. The minimum atomic E-state index is -0.776. The fourth-order valence-electron chi connectivity index (χ4n) is 0.693. The van der Waals surface area contributed by atoms with E-state index >= 15 is 0 Å². The molecule has 0 radical (unpaired) electrons. The summed E-state index contributed by atoms with van der Waals surface area (Å²) in [6.45, 7) is 2.04. The number of aliphatic carboxylic acids is 1. The molecule has 0 aromatic rings. The zero-order valence-corrected chi connectivity index (χ0v) is 7.40. The molecule has 0 bridgehead atoms. The maximum Gasteiger partial charge on any atom is 0.303 e. The summed E-state index contributed by atoms with van der Waals surface area (Å²) in [5, 5.41) is 9.06. The molecule has 0 aromatic carbocycles. The van der Waals surface area contributed by atoms with Gasteiger partial charge in [0.25, 0.3) is 0 Å². The molecule has 1 N–H and O–H groups in total. The van der Waals surface area contributed by atoms with Crippen LogP contribution >= 0.6 is 11.6 Å². The van der Waals surface area contributed by atoms with Crippen LogP contribution in [0, 0.1) is 0 Å². The second-order valence-electron chi connectivity index (χ2n) is 2.33. The molecule has 2 nitrogen and oxygen atoms in total. The molecule has 0 unspecified atom stereocenters. The third-order valence-corrected chi connectivity index (χ3v) is 1.56. The van der Waals surface area contributed by atoms with Crippen molar-refractivity contribution in [2.75, 3.05) is 0 Å². The molecule has 3 heteroatoms. The number of hydrogen-bond donors (Lipinski definition) is 1. The van der Waals surface area contributed by atoms with Gasteiger partial charge in [0.1, 0.15) is 0 Å². The molecule has 0 amide bonds. The van der Waals surface area contributed by atoms with Gasteiger partial charge in [-0.3, -0.25) is 4.79 Å². The first-order valence-corrected chi connectivity index (χ1v) is 4.11. The summed E-state index contributed by atoms with van der Waals surface area (Å²) >= 11 is 5.73. The van der Waals surface area contributed by atoms with Crippen LogP contribution in [-0.2, 0) is 4.79 Å². The largest absolute Gasteiger partial charge is 0.481 e. The monoisotopic (exact) mass is 176 g/mol. The lowest BCUT2D eigenvalue weighted by Gasteiger charge is -1.93. The van der Waals surface area contributed by atoms with Gasteiger partial charge in [0.2, 0.25) is 0 Å². The van der Waals surface area contributed by atoms with Crippen molar-refractivity contribution in [2.45, 2.75) is 32.6 Å². The molecule has 0 rings (SSSR count). The molecule has 0 heterocycles. The topological polar surface area (TPSA) is 37.3 Å². The molecule has 64 valence electrons. The summed E-state index contributed by atoms with van der Waals surface area (Å²) in [5.74, 6) is -0.776. The lowest BCUT2D eigenvalue weighted by molar-refractivity contribution is -0.136. The third-order valence-electron chi connectivity index (χ3n) is 1.21. The predicted molar refractivity (Wildman–Crippen MR) is 45.7 cm³/mol. The van der Waals surface area contributed by atoms with E-state index in [9.17, 15) is 4.79 Å². The number of carboxylic acid groups (broad SMARTS) is 1. The number of allylic oxidation sites excluding steroid dienone is 2. The van der Waals surface area contributed by atoms with Crippen LogP contribution in [0.4, 0.5) is 0 Å². The van der Waals surface area contributed by atoms with Crippen LogP contribution < -0.4 is 0 Å². The first kappa shape index (κ1) is 10.5.